The van der Waals surface area contributed by atoms with Crippen molar-refractivity contribution in [3.05, 3.63) is 35.9 Å². The number of halogens is 1. The van der Waals surface area contributed by atoms with E-state index in [-0.39, 0.29) is 24.2 Å². The van der Waals surface area contributed by atoms with Gasteiger partial charge in [0.1, 0.15) is 0 Å². The Bertz CT molecular complexity index is 517. The van der Waals surface area contributed by atoms with Crippen LogP contribution in [0.15, 0.2) is 30.3 Å². The molecule has 1 aromatic rings. The van der Waals surface area contributed by atoms with Crippen LogP contribution in [0.2, 0.25) is 0 Å². The van der Waals surface area contributed by atoms with Crippen LogP contribution < -0.4 is 10.6 Å². The minimum absolute atomic E-state index is 0. The van der Waals surface area contributed by atoms with Gasteiger partial charge in [0.15, 0.2) is 0 Å². The third-order valence-corrected chi connectivity index (χ3v) is 5.24. The van der Waals surface area contributed by atoms with Gasteiger partial charge in [-0.1, -0.05) is 37.3 Å². The molecule has 2 fully saturated rings. The van der Waals surface area contributed by atoms with Crippen molar-refractivity contribution in [1.82, 2.24) is 10.6 Å². The first-order chi connectivity index (χ1) is 11.2. The van der Waals surface area contributed by atoms with Crippen LogP contribution in [0.3, 0.4) is 0 Å². The second-order valence-electron chi connectivity index (χ2n) is 7.22. The van der Waals surface area contributed by atoms with E-state index in [1.165, 1.54) is 5.56 Å². The summed E-state index contributed by atoms with van der Waals surface area (Å²) < 4.78 is 5.74. The maximum Gasteiger partial charge on any atom is 0.223 e. The van der Waals surface area contributed by atoms with E-state index in [0.717, 1.165) is 32.4 Å². The Morgan fingerprint density at radius 2 is 2.04 bits per heavy atom. The number of hydrogen-bond donors (Lipinski definition) is 2. The molecule has 1 aromatic carbocycles. The fourth-order valence-electron chi connectivity index (χ4n) is 3.60. The smallest absolute Gasteiger partial charge is 0.223 e. The zero-order valence-electron chi connectivity index (χ0n) is 14.4. The normalized spacial score (nSPS) is 22.5. The SMILES string of the molecule is CC(CNC(=O)C1CC12CCNCC2)COCc1ccccc1.Cl. The summed E-state index contributed by atoms with van der Waals surface area (Å²) >= 11 is 0. The van der Waals surface area contributed by atoms with E-state index in [0.29, 0.717) is 31.1 Å². The van der Waals surface area contributed by atoms with E-state index in [4.69, 9.17) is 4.74 Å². The van der Waals surface area contributed by atoms with E-state index in [1.54, 1.807) is 0 Å². The molecule has 4 nitrogen and oxygen atoms in total. The predicted octanol–water partition coefficient (Wildman–Crippen LogP) is 2.77. The van der Waals surface area contributed by atoms with Crippen molar-refractivity contribution in [3.8, 4) is 0 Å². The lowest BCUT2D eigenvalue weighted by molar-refractivity contribution is -0.123. The number of amides is 1. The number of ether oxygens (including phenoxy) is 1. The van der Waals surface area contributed by atoms with E-state index < -0.39 is 0 Å². The van der Waals surface area contributed by atoms with Gasteiger partial charge in [0.05, 0.1) is 13.2 Å². The molecule has 2 atom stereocenters. The third-order valence-electron chi connectivity index (χ3n) is 5.24. The molecule has 1 saturated heterocycles. The lowest BCUT2D eigenvalue weighted by atomic mass is 9.92. The second-order valence-corrected chi connectivity index (χ2v) is 7.22. The summed E-state index contributed by atoms with van der Waals surface area (Å²) in [5.74, 6) is 0.842. The molecular weight excluding hydrogens is 324 g/mol. The Kier molecular flexibility index (Phi) is 7.08. The monoisotopic (exact) mass is 352 g/mol. The fraction of sp³-hybridized carbons (Fsp3) is 0.632. The van der Waals surface area contributed by atoms with Gasteiger partial charge in [-0.2, -0.15) is 0 Å². The molecule has 0 bridgehead atoms. The lowest BCUT2D eigenvalue weighted by Crippen LogP contribution is -2.35. The summed E-state index contributed by atoms with van der Waals surface area (Å²) in [6.07, 6.45) is 3.39. The minimum atomic E-state index is 0. The quantitative estimate of drug-likeness (QED) is 0.793. The number of nitrogens with one attached hydrogen (secondary N) is 2. The molecule has 134 valence electrons. The van der Waals surface area contributed by atoms with Crippen LogP contribution in [-0.2, 0) is 16.1 Å². The molecule has 1 aliphatic carbocycles. The number of piperidine rings is 1. The van der Waals surface area contributed by atoms with Crippen LogP contribution >= 0.6 is 12.4 Å². The van der Waals surface area contributed by atoms with Crippen molar-refractivity contribution < 1.29 is 9.53 Å². The molecule has 1 amide bonds. The summed E-state index contributed by atoms with van der Waals surface area (Å²) in [6, 6.07) is 10.2. The highest BCUT2D eigenvalue weighted by molar-refractivity contribution is 5.85. The molecular formula is C19H29ClN2O2. The Balaban J connectivity index is 0.00000208. The first kappa shape index (κ1) is 19.2. The number of carbonyl (C=O) groups is 1. The molecule has 2 unspecified atom stereocenters. The number of carbonyl (C=O) groups excluding carboxylic acids is 1. The molecule has 1 spiro atoms. The maximum atomic E-state index is 12.3. The second kappa shape index (κ2) is 8.84. The zero-order chi connectivity index (χ0) is 16.1. The number of benzene rings is 1. The summed E-state index contributed by atoms with van der Waals surface area (Å²) in [7, 11) is 0. The van der Waals surface area contributed by atoms with Gasteiger partial charge in [0.2, 0.25) is 5.91 Å². The Hall–Kier alpha value is -1.10. The Morgan fingerprint density at radius 1 is 1.33 bits per heavy atom. The molecule has 0 aromatic heterocycles. The van der Waals surface area contributed by atoms with Gasteiger partial charge in [0.25, 0.3) is 0 Å². The molecule has 1 aliphatic heterocycles. The fourth-order valence-corrected chi connectivity index (χ4v) is 3.60. The highest BCUT2D eigenvalue weighted by Crippen LogP contribution is 2.58. The number of hydrogen-bond acceptors (Lipinski definition) is 3. The summed E-state index contributed by atoms with van der Waals surface area (Å²) in [6.45, 7) is 6.27. The van der Waals surface area contributed by atoms with Crippen molar-refractivity contribution in [2.45, 2.75) is 32.8 Å². The van der Waals surface area contributed by atoms with Crippen LogP contribution in [0, 0.1) is 17.3 Å². The van der Waals surface area contributed by atoms with Crippen molar-refractivity contribution in [2.75, 3.05) is 26.2 Å². The standard InChI is InChI=1S/C19H28N2O2.ClH/c1-15(13-23-14-16-5-3-2-4-6-16)12-21-18(22)17-11-19(17)7-9-20-10-8-19;/h2-6,15,17,20H,7-14H2,1H3,(H,21,22);1H. The van der Waals surface area contributed by atoms with E-state index in [9.17, 15) is 4.79 Å². The lowest BCUT2D eigenvalue weighted by Gasteiger charge is -2.23. The van der Waals surface area contributed by atoms with Crippen molar-refractivity contribution in [2.24, 2.45) is 17.3 Å². The zero-order valence-corrected chi connectivity index (χ0v) is 15.2. The van der Waals surface area contributed by atoms with Gasteiger partial charge in [-0.15, -0.1) is 12.4 Å². The van der Waals surface area contributed by atoms with Crippen LogP contribution in [0.5, 0.6) is 0 Å². The molecule has 1 heterocycles. The van der Waals surface area contributed by atoms with E-state index in [1.807, 2.05) is 18.2 Å². The molecule has 3 rings (SSSR count). The van der Waals surface area contributed by atoms with Crippen LogP contribution in [0.4, 0.5) is 0 Å². The van der Waals surface area contributed by atoms with Crippen LogP contribution in [0.25, 0.3) is 0 Å². The van der Waals surface area contributed by atoms with Gasteiger partial charge in [-0.3, -0.25) is 4.79 Å². The maximum absolute atomic E-state index is 12.3. The minimum Gasteiger partial charge on any atom is -0.376 e. The molecule has 0 radical (unpaired) electrons. The summed E-state index contributed by atoms with van der Waals surface area (Å²) in [4.78, 5) is 12.3. The van der Waals surface area contributed by atoms with E-state index >= 15 is 0 Å². The Labute approximate surface area is 151 Å². The third kappa shape index (κ3) is 4.95. The average Bonchev–Trinajstić information content (AvgIpc) is 3.27. The van der Waals surface area contributed by atoms with Crippen molar-refractivity contribution in [1.29, 1.82) is 0 Å². The van der Waals surface area contributed by atoms with Crippen molar-refractivity contribution >= 4 is 18.3 Å². The van der Waals surface area contributed by atoms with Gasteiger partial charge < -0.3 is 15.4 Å². The Morgan fingerprint density at radius 3 is 2.75 bits per heavy atom. The van der Waals surface area contributed by atoms with Crippen molar-refractivity contribution in [3.63, 3.8) is 0 Å². The highest BCUT2D eigenvalue weighted by atomic mass is 35.5. The van der Waals surface area contributed by atoms with Crippen LogP contribution in [0.1, 0.15) is 31.7 Å². The van der Waals surface area contributed by atoms with E-state index in [2.05, 4.69) is 29.7 Å². The molecule has 24 heavy (non-hydrogen) atoms. The van der Waals surface area contributed by atoms with Gasteiger partial charge in [-0.25, -0.2) is 0 Å². The summed E-state index contributed by atoms with van der Waals surface area (Å²) in [5, 5.41) is 6.50. The average molecular weight is 353 g/mol. The first-order valence-electron chi connectivity index (χ1n) is 8.80. The highest BCUT2D eigenvalue weighted by Gasteiger charge is 2.57. The van der Waals surface area contributed by atoms with Gasteiger partial charge in [-0.05, 0) is 49.2 Å². The van der Waals surface area contributed by atoms with Crippen LogP contribution in [-0.4, -0.2) is 32.1 Å². The topological polar surface area (TPSA) is 50.4 Å². The largest absolute Gasteiger partial charge is 0.376 e. The number of rotatable bonds is 7. The summed E-state index contributed by atoms with van der Waals surface area (Å²) in [5.41, 5.74) is 1.51. The molecule has 1 saturated carbocycles. The van der Waals surface area contributed by atoms with Gasteiger partial charge in [0, 0.05) is 12.5 Å². The first-order valence-corrected chi connectivity index (χ1v) is 8.80. The molecule has 2 aliphatic rings. The predicted molar refractivity (Wildman–Crippen MR) is 98.2 cm³/mol. The van der Waals surface area contributed by atoms with Gasteiger partial charge >= 0.3 is 0 Å². The molecule has 2 N–H and O–H groups in total. The molecule has 5 heteroatoms.